The van der Waals surface area contributed by atoms with Crippen molar-refractivity contribution >= 4 is 5.97 Å². The van der Waals surface area contributed by atoms with E-state index in [-0.39, 0.29) is 5.92 Å². The first-order valence-electron chi connectivity index (χ1n) is 5.89. The summed E-state index contributed by atoms with van der Waals surface area (Å²) in [6.07, 6.45) is 4.13. The van der Waals surface area contributed by atoms with Crippen molar-refractivity contribution in [3.8, 4) is 5.69 Å². The molecule has 1 atom stereocenters. The van der Waals surface area contributed by atoms with Gasteiger partial charge in [0.1, 0.15) is 0 Å². The summed E-state index contributed by atoms with van der Waals surface area (Å²) in [6.45, 7) is 3.71. The summed E-state index contributed by atoms with van der Waals surface area (Å²) >= 11 is 0. The van der Waals surface area contributed by atoms with E-state index in [4.69, 9.17) is 5.11 Å². The Bertz CT molecular complexity index is 543. The fourth-order valence-corrected chi connectivity index (χ4v) is 1.86. The van der Waals surface area contributed by atoms with Crippen LogP contribution in [0, 0.1) is 12.8 Å². The lowest BCUT2D eigenvalue weighted by Gasteiger charge is -2.08. The van der Waals surface area contributed by atoms with Crippen LogP contribution in [-0.2, 0) is 11.2 Å². The third kappa shape index (κ3) is 2.59. The largest absolute Gasteiger partial charge is 0.481 e. The average molecular weight is 244 g/mol. The molecule has 0 amide bonds. The standard InChI is InChI=1S/C14H16N2O2/c1-10(14(17)18)7-12-3-5-13(6-4-12)16-9-15-8-11(16)2/h3-6,8-10H,7H2,1-2H3,(H,17,18). The van der Waals surface area contributed by atoms with Crippen molar-refractivity contribution in [1.29, 1.82) is 0 Å². The zero-order valence-corrected chi connectivity index (χ0v) is 10.5. The molecule has 2 rings (SSSR count). The van der Waals surface area contributed by atoms with E-state index in [0.717, 1.165) is 16.9 Å². The molecule has 4 heteroatoms. The first kappa shape index (κ1) is 12.4. The van der Waals surface area contributed by atoms with Gasteiger partial charge in [-0.3, -0.25) is 4.79 Å². The van der Waals surface area contributed by atoms with Gasteiger partial charge < -0.3 is 9.67 Å². The predicted octanol–water partition coefficient (Wildman–Crippen LogP) is 2.44. The van der Waals surface area contributed by atoms with E-state index in [1.807, 2.05) is 35.8 Å². The van der Waals surface area contributed by atoms with E-state index >= 15 is 0 Å². The molecule has 18 heavy (non-hydrogen) atoms. The first-order valence-corrected chi connectivity index (χ1v) is 5.89. The second-order valence-electron chi connectivity index (χ2n) is 4.51. The van der Waals surface area contributed by atoms with Gasteiger partial charge in [-0.15, -0.1) is 0 Å². The molecule has 0 spiro atoms. The molecule has 0 aliphatic rings. The number of carboxylic acids is 1. The SMILES string of the molecule is Cc1cncn1-c1ccc(CC(C)C(=O)O)cc1. The minimum atomic E-state index is -0.760. The van der Waals surface area contributed by atoms with E-state index in [1.54, 1.807) is 19.4 Å². The smallest absolute Gasteiger partial charge is 0.306 e. The Hall–Kier alpha value is -2.10. The van der Waals surface area contributed by atoms with Crippen LogP contribution in [0.25, 0.3) is 5.69 Å². The van der Waals surface area contributed by atoms with E-state index in [0.29, 0.717) is 6.42 Å². The first-order chi connectivity index (χ1) is 8.58. The summed E-state index contributed by atoms with van der Waals surface area (Å²) in [6, 6.07) is 7.90. The minimum absolute atomic E-state index is 0.356. The maximum absolute atomic E-state index is 10.8. The van der Waals surface area contributed by atoms with Gasteiger partial charge >= 0.3 is 5.97 Å². The number of imidazole rings is 1. The highest BCUT2D eigenvalue weighted by Gasteiger charge is 2.11. The summed E-state index contributed by atoms with van der Waals surface area (Å²) in [5, 5.41) is 8.87. The van der Waals surface area contributed by atoms with Crippen LogP contribution in [0.1, 0.15) is 18.2 Å². The Labute approximate surface area is 106 Å². The van der Waals surface area contributed by atoms with Crippen LogP contribution in [0.15, 0.2) is 36.8 Å². The number of hydrogen-bond acceptors (Lipinski definition) is 2. The van der Waals surface area contributed by atoms with Crippen LogP contribution in [0.4, 0.5) is 0 Å². The van der Waals surface area contributed by atoms with Gasteiger partial charge in [0.2, 0.25) is 0 Å². The molecule has 0 aliphatic carbocycles. The lowest BCUT2D eigenvalue weighted by atomic mass is 10.0. The van der Waals surface area contributed by atoms with Crippen LogP contribution in [-0.4, -0.2) is 20.6 Å². The second-order valence-corrected chi connectivity index (χ2v) is 4.51. The van der Waals surface area contributed by atoms with Crippen molar-refractivity contribution in [3.63, 3.8) is 0 Å². The molecule has 1 aromatic carbocycles. The molecule has 0 saturated heterocycles. The quantitative estimate of drug-likeness (QED) is 0.898. The lowest BCUT2D eigenvalue weighted by molar-refractivity contribution is -0.141. The molecule has 0 radical (unpaired) electrons. The second kappa shape index (κ2) is 5.04. The lowest BCUT2D eigenvalue weighted by Crippen LogP contribution is -2.12. The zero-order valence-electron chi connectivity index (χ0n) is 10.5. The number of carbonyl (C=O) groups is 1. The molecule has 0 aliphatic heterocycles. The average Bonchev–Trinajstić information content (AvgIpc) is 2.76. The van der Waals surface area contributed by atoms with Gasteiger partial charge in [-0.25, -0.2) is 4.98 Å². The van der Waals surface area contributed by atoms with Crippen molar-refractivity contribution in [2.45, 2.75) is 20.3 Å². The zero-order chi connectivity index (χ0) is 13.1. The summed E-state index contributed by atoms with van der Waals surface area (Å²) in [5.74, 6) is -1.12. The number of carboxylic acid groups (broad SMARTS) is 1. The number of aryl methyl sites for hydroxylation is 1. The predicted molar refractivity (Wildman–Crippen MR) is 68.8 cm³/mol. The Morgan fingerprint density at radius 1 is 1.39 bits per heavy atom. The summed E-state index contributed by atoms with van der Waals surface area (Å²) < 4.78 is 1.99. The fourth-order valence-electron chi connectivity index (χ4n) is 1.86. The van der Waals surface area contributed by atoms with Crippen LogP contribution < -0.4 is 0 Å². The van der Waals surface area contributed by atoms with Crippen LogP contribution in [0.2, 0.25) is 0 Å². The van der Waals surface area contributed by atoms with Crippen molar-refractivity contribution in [1.82, 2.24) is 9.55 Å². The summed E-state index contributed by atoms with van der Waals surface area (Å²) in [5.41, 5.74) is 3.14. The molecule has 0 fully saturated rings. The van der Waals surface area contributed by atoms with Crippen molar-refractivity contribution in [3.05, 3.63) is 48.0 Å². The number of rotatable bonds is 4. The number of nitrogens with zero attached hydrogens (tertiary/aromatic N) is 2. The summed E-state index contributed by atoms with van der Waals surface area (Å²) in [7, 11) is 0. The Morgan fingerprint density at radius 2 is 2.06 bits per heavy atom. The molecule has 1 aromatic heterocycles. The highest BCUT2D eigenvalue weighted by molar-refractivity contribution is 5.69. The molecule has 0 saturated carbocycles. The highest BCUT2D eigenvalue weighted by atomic mass is 16.4. The highest BCUT2D eigenvalue weighted by Crippen LogP contribution is 2.14. The maximum Gasteiger partial charge on any atom is 0.306 e. The van der Waals surface area contributed by atoms with E-state index in [9.17, 15) is 4.79 Å². The molecule has 2 aromatic rings. The normalized spacial score (nSPS) is 12.3. The molecule has 1 heterocycles. The molecule has 94 valence electrons. The molecule has 1 unspecified atom stereocenters. The van der Waals surface area contributed by atoms with Crippen molar-refractivity contribution in [2.24, 2.45) is 5.92 Å². The number of benzene rings is 1. The van der Waals surface area contributed by atoms with Crippen LogP contribution >= 0.6 is 0 Å². The number of aromatic nitrogens is 2. The molecular weight excluding hydrogens is 228 g/mol. The van der Waals surface area contributed by atoms with E-state index in [2.05, 4.69) is 4.98 Å². The van der Waals surface area contributed by atoms with Gasteiger partial charge in [-0.1, -0.05) is 19.1 Å². The van der Waals surface area contributed by atoms with Gasteiger partial charge in [-0.2, -0.15) is 0 Å². The monoisotopic (exact) mass is 244 g/mol. The van der Waals surface area contributed by atoms with Crippen LogP contribution in [0.5, 0.6) is 0 Å². The summed E-state index contributed by atoms with van der Waals surface area (Å²) in [4.78, 5) is 14.9. The van der Waals surface area contributed by atoms with Gasteiger partial charge in [0.25, 0.3) is 0 Å². The Kier molecular flexibility index (Phi) is 3.46. The minimum Gasteiger partial charge on any atom is -0.481 e. The Balaban J connectivity index is 2.16. The third-order valence-electron chi connectivity index (χ3n) is 3.00. The van der Waals surface area contributed by atoms with Crippen molar-refractivity contribution < 1.29 is 9.90 Å². The topological polar surface area (TPSA) is 55.1 Å². The van der Waals surface area contributed by atoms with Gasteiger partial charge in [-0.05, 0) is 31.0 Å². The molecular formula is C14H16N2O2. The third-order valence-corrected chi connectivity index (χ3v) is 3.00. The maximum atomic E-state index is 10.8. The van der Waals surface area contributed by atoms with E-state index < -0.39 is 5.97 Å². The van der Waals surface area contributed by atoms with Gasteiger partial charge in [0.05, 0.1) is 12.2 Å². The molecule has 0 bridgehead atoms. The van der Waals surface area contributed by atoms with Crippen molar-refractivity contribution in [2.75, 3.05) is 0 Å². The fraction of sp³-hybridized carbons (Fsp3) is 0.286. The van der Waals surface area contributed by atoms with Crippen LogP contribution in [0.3, 0.4) is 0 Å². The number of aliphatic carboxylic acids is 1. The molecule has 1 N–H and O–H groups in total. The van der Waals surface area contributed by atoms with Gasteiger partial charge in [0.15, 0.2) is 0 Å². The van der Waals surface area contributed by atoms with E-state index in [1.165, 1.54) is 0 Å². The number of hydrogen-bond donors (Lipinski definition) is 1. The molecule has 4 nitrogen and oxygen atoms in total. The Morgan fingerprint density at radius 3 is 2.56 bits per heavy atom. The van der Waals surface area contributed by atoms with Gasteiger partial charge in [0, 0.05) is 17.6 Å².